The molecule has 0 unspecified atom stereocenters. The Bertz CT molecular complexity index is 684. The quantitative estimate of drug-likeness (QED) is 0.725. The molecule has 1 fully saturated rings. The second-order valence-electron chi connectivity index (χ2n) is 5.84. The van der Waals surface area contributed by atoms with Crippen LogP contribution in [0.25, 0.3) is 0 Å². The summed E-state index contributed by atoms with van der Waals surface area (Å²) in [5.74, 6) is -0.560. The average molecular weight is 402 g/mol. The molecule has 142 valence electrons. The van der Waals surface area contributed by atoms with Gasteiger partial charge in [-0.05, 0) is 24.6 Å². The van der Waals surface area contributed by atoms with Gasteiger partial charge >= 0.3 is 6.09 Å². The minimum Gasteiger partial charge on any atom is -0.448 e. The fourth-order valence-corrected chi connectivity index (χ4v) is 2.87. The number of halogens is 2. The summed E-state index contributed by atoms with van der Waals surface area (Å²) in [6.45, 7) is 3.37. The number of anilines is 1. The van der Waals surface area contributed by atoms with Crippen LogP contribution in [0.3, 0.4) is 0 Å². The van der Waals surface area contributed by atoms with Crippen LogP contribution >= 0.6 is 23.2 Å². The van der Waals surface area contributed by atoms with E-state index < -0.39 is 6.09 Å². The van der Waals surface area contributed by atoms with Gasteiger partial charge in [-0.1, -0.05) is 30.1 Å². The number of carbonyl (C=O) groups is 3. The first-order valence-corrected chi connectivity index (χ1v) is 9.10. The molecule has 3 amide bonds. The van der Waals surface area contributed by atoms with Crippen molar-refractivity contribution in [2.24, 2.45) is 0 Å². The van der Waals surface area contributed by atoms with E-state index in [1.165, 1.54) is 9.80 Å². The zero-order valence-corrected chi connectivity index (χ0v) is 16.0. The SMILES string of the molecule is CCCN(CC(=O)Nc1cc(Cl)ccc1Cl)C(=O)CCN1CCOC1=O. The van der Waals surface area contributed by atoms with E-state index in [-0.39, 0.29) is 31.3 Å². The maximum atomic E-state index is 12.4. The first kappa shape index (κ1) is 20.3. The number of cyclic esters (lactones) is 1. The van der Waals surface area contributed by atoms with Gasteiger partial charge in [0.1, 0.15) is 6.61 Å². The third kappa shape index (κ3) is 5.78. The monoisotopic (exact) mass is 401 g/mol. The normalized spacial score (nSPS) is 13.5. The molecule has 26 heavy (non-hydrogen) atoms. The van der Waals surface area contributed by atoms with E-state index in [9.17, 15) is 14.4 Å². The minimum atomic E-state index is -0.409. The third-order valence-corrected chi connectivity index (χ3v) is 4.39. The Kier molecular flexibility index (Phi) is 7.53. The van der Waals surface area contributed by atoms with Gasteiger partial charge in [0.05, 0.1) is 23.8 Å². The van der Waals surface area contributed by atoms with E-state index in [2.05, 4.69) is 5.32 Å². The maximum Gasteiger partial charge on any atom is 0.409 e. The number of ether oxygens (including phenoxy) is 1. The fourth-order valence-electron chi connectivity index (χ4n) is 2.54. The predicted molar refractivity (Wildman–Crippen MR) is 99.5 cm³/mol. The highest BCUT2D eigenvalue weighted by Crippen LogP contribution is 2.25. The number of benzene rings is 1. The second-order valence-corrected chi connectivity index (χ2v) is 6.68. The summed E-state index contributed by atoms with van der Waals surface area (Å²) in [6.07, 6.45) is 0.441. The Balaban J connectivity index is 1.91. The zero-order chi connectivity index (χ0) is 19.1. The molecule has 0 bridgehead atoms. The number of hydrogen-bond acceptors (Lipinski definition) is 4. The molecule has 0 saturated carbocycles. The molecule has 1 N–H and O–H groups in total. The Labute approximate surface area is 162 Å². The van der Waals surface area contributed by atoms with Crippen LogP contribution in [0.1, 0.15) is 19.8 Å². The molecule has 0 radical (unpaired) electrons. The molecule has 1 aromatic carbocycles. The van der Waals surface area contributed by atoms with Crippen molar-refractivity contribution in [3.63, 3.8) is 0 Å². The predicted octanol–water partition coefficient (Wildman–Crippen LogP) is 3.01. The van der Waals surface area contributed by atoms with Crippen LogP contribution in [0.5, 0.6) is 0 Å². The van der Waals surface area contributed by atoms with Crippen molar-refractivity contribution in [3.05, 3.63) is 28.2 Å². The highest BCUT2D eigenvalue weighted by molar-refractivity contribution is 6.35. The molecular formula is C17H21Cl2N3O4. The van der Waals surface area contributed by atoms with E-state index in [1.54, 1.807) is 18.2 Å². The minimum absolute atomic E-state index is 0.0973. The lowest BCUT2D eigenvalue weighted by molar-refractivity contribution is -0.134. The van der Waals surface area contributed by atoms with Gasteiger partial charge in [-0.15, -0.1) is 0 Å². The molecule has 1 saturated heterocycles. The van der Waals surface area contributed by atoms with Crippen molar-refractivity contribution in [2.45, 2.75) is 19.8 Å². The number of nitrogens with one attached hydrogen (secondary N) is 1. The molecule has 1 aliphatic heterocycles. The smallest absolute Gasteiger partial charge is 0.409 e. The lowest BCUT2D eigenvalue weighted by Crippen LogP contribution is -2.40. The molecule has 2 rings (SSSR count). The maximum absolute atomic E-state index is 12.4. The first-order valence-electron chi connectivity index (χ1n) is 8.35. The van der Waals surface area contributed by atoms with Crippen LogP contribution in [0.15, 0.2) is 18.2 Å². The van der Waals surface area contributed by atoms with E-state index in [0.717, 1.165) is 0 Å². The van der Waals surface area contributed by atoms with Crippen LogP contribution < -0.4 is 5.32 Å². The number of hydrogen-bond donors (Lipinski definition) is 1. The first-order chi connectivity index (χ1) is 12.4. The summed E-state index contributed by atoms with van der Waals surface area (Å²) in [7, 11) is 0. The van der Waals surface area contributed by atoms with Crippen LogP contribution in [0.4, 0.5) is 10.5 Å². The number of carbonyl (C=O) groups excluding carboxylic acids is 3. The van der Waals surface area contributed by atoms with Gasteiger partial charge in [0.25, 0.3) is 0 Å². The van der Waals surface area contributed by atoms with Crippen molar-refractivity contribution < 1.29 is 19.1 Å². The topological polar surface area (TPSA) is 79.0 Å². The largest absolute Gasteiger partial charge is 0.448 e. The Morgan fingerprint density at radius 1 is 1.35 bits per heavy atom. The third-order valence-electron chi connectivity index (χ3n) is 3.82. The highest BCUT2D eigenvalue weighted by atomic mass is 35.5. The van der Waals surface area contributed by atoms with Gasteiger partial charge in [-0.2, -0.15) is 0 Å². The lowest BCUT2D eigenvalue weighted by Gasteiger charge is -2.23. The van der Waals surface area contributed by atoms with Gasteiger partial charge < -0.3 is 19.9 Å². The van der Waals surface area contributed by atoms with Crippen LogP contribution in [-0.2, 0) is 14.3 Å². The van der Waals surface area contributed by atoms with Gasteiger partial charge in [0, 0.05) is 24.5 Å². The van der Waals surface area contributed by atoms with Crippen molar-refractivity contribution in [1.29, 1.82) is 0 Å². The van der Waals surface area contributed by atoms with E-state index in [1.807, 2.05) is 6.92 Å². The molecule has 0 aliphatic carbocycles. The zero-order valence-electron chi connectivity index (χ0n) is 14.5. The van der Waals surface area contributed by atoms with Crippen LogP contribution in [0.2, 0.25) is 10.0 Å². The number of nitrogens with zero attached hydrogens (tertiary/aromatic N) is 2. The van der Waals surface area contributed by atoms with E-state index in [4.69, 9.17) is 27.9 Å². The Hall–Kier alpha value is -1.99. The van der Waals surface area contributed by atoms with Gasteiger partial charge in [-0.3, -0.25) is 9.59 Å². The number of rotatable bonds is 8. The molecule has 9 heteroatoms. The summed E-state index contributed by atoms with van der Waals surface area (Å²) < 4.78 is 4.83. The van der Waals surface area contributed by atoms with Crippen molar-refractivity contribution in [1.82, 2.24) is 9.80 Å². The number of amides is 3. The van der Waals surface area contributed by atoms with E-state index >= 15 is 0 Å². The molecule has 0 aromatic heterocycles. The highest BCUT2D eigenvalue weighted by Gasteiger charge is 2.24. The molecule has 1 aromatic rings. The van der Waals surface area contributed by atoms with E-state index in [0.29, 0.717) is 41.8 Å². The molecule has 0 atom stereocenters. The molecule has 1 heterocycles. The van der Waals surface area contributed by atoms with Crippen molar-refractivity contribution >= 4 is 46.8 Å². The lowest BCUT2D eigenvalue weighted by atomic mass is 10.3. The molecule has 1 aliphatic rings. The van der Waals surface area contributed by atoms with Gasteiger partial charge in [-0.25, -0.2) is 4.79 Å². The van der Waals surface area contributed by atoms with Gasteiger partial charge in [0.15, 0.2) is 0 Å². The van der Waals surface area contributed by atoms with Crippen molar-refractivity contribution in [2.75, 3.05) is 38.1 Å². The summed E-state index contributed by atoms with van der Waals surface area (Å²) in [5.41, 5.74) is 0.396. The second kappa shape index (κ2) is 9.64. The molecular weight excluding hydrogens is 381 g/mol. The Morgan fingerprint density at radius 3 is 2.77 bits per heavy atom. The van der Waals surface area contributed by atoms with Gasteiger partial charge in [0.2, 0.25) is 11.8 Å². The average Bonchev–Trinajstić information content (AvgIpc) is 3.00. The molecule has 7 nitrogen and oxygen atoms in total. The summed E-state index contributed by atoms with van der Waals surface area (Å²) in [5, 5.41) is 3.48. The summed E-state index contributed by atoms with van der Waals surface area (Å²) in [6, 6.07) is 4.76. The summed E-state index contributed by atoms with van der Waals surface area (Å²) >= 11 is 11.9. The van der Waals surface area contributed by atoms with Crippen LogP contribution in [-0.4, -0.2) is 60.5 Å². The molecule has 0 spiro atoms. The van der Waals surface area contributed by atoms with Crippen molar-refractivity contribution in [3.8, 4) is 0 Å². The summed E-state index contributed by atoms with van der Waals surface area (Å²) in [4.78, 5) is 39.1. The van der Waals surface area contributed by atoms with Crippen LogP contribution in [0, 0.1) is 0 Å². The standard InChI is InChI=1S/C17H21Cl2N3O4/c1-2-6-22(16(24)5-7-21-8-9-26-17(21)25)11-15(23)20-14-10-12(18)3-4-13(14)19/h3-4,10H,2,5-9,11H2,1H3,(H,20,23). The Morgan fingerprint density at radius 2 is 2.12 bits per heavy atom. The fraction of sp³-hybridized carbons (Fsp3) is 0.471.